The zero-order chi connectivity index (χ0) is 15.1. The molecule has 2 atom stereocenters. The summed E-state index contributed by atoms with van der Waals surface area (Å²) < 4.78 is 0. The fraction of sp³-hybridized carbons (Fsp3) is 0.867. The molecule has 1 heterocycles. The predicted molar refractivity (Wildman–Crippen MR) is 84.8 cm³/mol. The van der Waals surface area contributed by atoms with E-state index in [0.29, 0.717) is 6.42 Å². The first-order valence-electron chi connectivity index (χ1n) is 7.74. The summed E-state index contributed by atoms with van der Waals surface area (Å²) in [6.45, 7) is 8.29. The molecule has 1 fully saturated rings. The van der Waals surface area contributed by atoms with Gasteiger partial charge in [-0.2, -0.15) is 11.8 Å². The summed E-state index contributed by atoms with van der Waals surface area (Å²) in [6.07, 6.45) is 3.02. The van der Waals surface area contributed by atoms with E-state index in [4.69, 9.17) is 0 Å². The van der Waals surface area contributed by atoms with Crippen molar-refractivity contribution in [3.05, 3.63) is 0 Å². The van der Waals surface area contributed by atoms with Gasteiger partial charge in [-0.3, -0.25) is 14.5 Å². The molecule has 5 heteroatoms. The minimum atomic E-state index is -0.315. The van der Waals surface area contributed by atoms with E-state index in [1.165, 1.54) is 4.90 Å². The third-order valence-corrected chi connectivity index (χ3v) is 4.81. The summed E-state index contributed by atoms with van der Waals surface area (Å²) in [7, 11) is 0. The van der Waals surface area contributed by atoms with Crippen LogP contribution in [0.4, 0.5) is 0 Å². The van der Waals surface area contributed by atoms with Crippen molar-refractivity contribution >= 4 is 23.6 Å². The van der Waals surface area contributed by atoms with Crippen LogP contribution in [0.3, 0.4) is 0 Å². The molecular weight excluding hydrogens is 272 g/mol. The molecule has 0 aromatic rings. The number of hydrogen-bond acceptors (Lipinski definition) is 4. The van der Waals surface area contributed by atoms with Crippen molar-refractivity contribution in [2.75, 3.05) is 11.5 Å². The molecule has 2 unspecified atom stereocenters. The monoisotopic (exact) mass is 300 g/mol. The Balaban J connectivity index is 2.53. The van der Waals surface area contributed by atoms with Gasteiger partial charge in [0, 0.05) is 12.1 Å². The summed E-state index contributed by atoms with van der Waals surface area (Å²) in [6, 6.07) is 0.0231. The van der Waals surface area contributed by atoms with Crippen LogP contribution in [0.5, 0.6) is 0 Å². The maximum Gasteiger partial charge on any atom is 0.247 e. The van der Waals surface area contributed by atoms with Crippen molar-refractivity contribution in [2.45, 2.75) is 71.5 Å². The van der Waals surface area contributed by atoms with Crippen LogP contribution in [-0.2, 0) is 9.59 Å². The number of nitrogens with zero attached hydrogens (tertiary/aromatic N) is 1. The number of nitrogens with one attached hydrogen (secondary N) is 1. The quantitative estimate of drug-likeness (QED) is 0.525. The van der Waals surface area contributed by atoms with Gasteiger partial charge in [-0.05, 0) is 37.7 Å². The number of carbonyl (C=O) groups excluding carboxylic acids is 2. The molecule has 1 rings (SSSR count). The van der Waals surface area contributed by atoms with E-state index in [0.717, 1.165) is 30.8 Å². The Morgan fingerprint density at radius 1 is 1.30 bits per heavy atom. The van der Waals surface area contributed by atoms with E-state index in [9.17, 15) is 9.59 Å². The molecule has 0 saturated carbocycles. The smallest absolute Gasteiger partial charge is 0.247 e. The molecule has 0 radical (unpaired) electrons. The molecule has 1 N–H and O–H groups in total. The van der Waals surface area contributed by atoms with Crippen molar-refractivity contribution in [3.8, 4) is 0 Å². The van der Waals surface area contributed by atoms with E-state index in [1.54, 1.807) is 0 Å². The van der Waals surface area contributed by atoms with E-state index in [2.05, 4.69) is 19.2 Å². The van der Waals surface area contributed by atoms with Gasteiger partial charge in [-0.25, -0.2) is 0 Å². The highest BCUT2D eigenvalue weighted by Gasteiger charge is 2.41. The molecular formula is C15H28N2O2S. The summed E-state index contributed by atoms with van der Waals surface area (Å²) >= 11 is 1.91. The van der Waals surface area contributed by atoms with Gasteiger partial charge in [-0.15, -0.1) is 0 Å². The van der Waals surface area contributed by atoms with Crippen molar-refractivity contribution in [1.82, 2.24) is 10.2 Å². The highest BCUT2D eigenvalue weighted by molar-refractivity contribution is 7.99. The van der Waals surface area contributed by atoms with E-state index in [1.807, 2.05) is 25.6 Å². The van der Waals surface area contributed by atoms with Crippen LogP contribution in [-0.4, -0.2) is 46.3 Å². The number of likely N-dealkylation sites (tertiary alicyclic amines) is 1. The van der Waals surface area contributed by atoms with Gasteiger partial charge in [0.25, 0.3) is 0 Å². The molecule has 0 bridgehead atoms. The number of hydrogen-bond donors (Lipinski definition) is 1. The largest absolute Gasteiger partial charge is 0.303 e. The lowest BCUT2D eigenvalue weighted by atomic mass is 10.1. The molecule has 0 aromatic heterocycles. The average Bonchev–Trinajstić information content (AvgIpc) is 2.68. The molecule has 116 valence electrons. The summed E-state index contributed by atoms with van der Waals surface area (Å²) in [5.41, 5.74) is 0. The Morgan fingerprint density at radius 2 is 1.95 bits per heavy atom. The van der Waals surface area contributed by atoms with Gasteiger partial charge in [0.2, 0.25) is 11.8 Å². The van der Waals surface area contributed by atoms with Gasteiger partial charge >= 0.3 is 0 Å². The van der Waals surface area contributed by atoms with Crippen LogP contribution in [0.15, 0.2) is 0 Å². The molecule has 0 spiro atoms. The first-order chi connectivity index (χ1) is 9.54. The highest BCUT2D eigenvalue weighted by atomic mass is 32.2. The maximum atomic E-state index is 12.4. The van der Waals surface area contributed by atoms with Crippen molar-refractivity contribution in [1.29, 1.82) is 0 Å². The Bertz CT molecular complexity index is 332. The zero-order valence-corrected chi connectivity index (χ0v) is 14.0. The van der Waals surface area contributed by atoms with Crippen LogP contribution < -0.4 is 5.32 Å². The first-order valence-corrected chi connectivity index (χ1v) is 8.90. The Kier molecular flexibility index (Phi) is 7.59. The molecule has 0 aromatic carbocycles. The van der Waals surface area contributed by atoms with Crippen LogP contribution in [0.25, 0.3) is 0 Å². The van der Waals surface area contributed by atoms with E-state index < -0.39 is 0 Å². The number of amides is 2. The van der Waals surface area contributed by atoms with Gasteiger partial charge in [-0.1, -0.05) is 20.8 Å². The van der Waals surface area contributed by atoms with Crippen LogP contribution in [0.2, 0.25) is 0 Å². The second kappa shape index (κ2) is 8.67. The zero-order valence-electron chi connectivity index (χ0n) is 13.1. The first kappa shape index (κ1) is 17.5. The second-order valence-electron chi connectivity index (χ2n) is 5.38. The predicted octanol–water partition coefficient (Wildman–Crippen LogP) is 2.42. The number of rotatable bonds is 9. The maximum absolute atomic E-state index is 12.4. The molecule has 1 aliphatic heterocycles. The highest BCUT2D eigenvalue weighted by Crippen LogP contribution is 2.20. The number of imide groups is 1. The summed E-state index contributed by atoms with van der Waals surface area (Å²) in [5, 5.41) is 3.33. The average molecular weight is 300 g/mol. The Morgan fingerprint density at radius 3 is 2.50 bits per heavy atom. The molecule has 20 heavy (non-hydrogen) atoms. The molecule has 4 nitrogen and oxygen atoms in total. The lowest BCUT2D eigenvalue weighted by Gasteiger charge is -2.25. The van der Waals surface area contributed by atoms with Crippen LogP contribution in [0.1, 0.15) is 53.4 Å². The summed E-state index contributed by atoms with van der Waals surface area (Å²) in [5.74, 6) is 2.17. The van der Waals surface area contributed by atoms with Gasteiger partial charge in [0.05, 0.1) is 12.5 Å². The number of carbonyl (C=O) groups is 2. The number of thioether (sulfide) groups is 1. The topological polar surface area (TPSA) is 49.4 Å². The lowest BCUT2D eigenvalue weighted by Crippen LogP contribution is -2.45. The molecule has 1 saturated heterocycles. The standard InChI is InChI=1S/C15H28N2O2S/c1-5-12(6-2)17-14(18)10-13(15(17)19)16-11(4)8-9-20-7-3/h11-13,16H,5-10H2,1-4H3. The molecule has 2 amide bonds. The van der Waals surface area contributed by atoms with Crippen LogP contribution >= 0.6 is 11.8 Å². The normalized spacial score (nSPS) is 21.1. The minimum Gasteiger partial charge on any atom is -0.303 e. The third kappa shape index (κ3) is 4.48. The fourth-order valence-corrected chi connectivity index (χ4v) is 3.46. The van der Waals surface area contributed by atoms with Crippen molar-refractivity contribution in [2.24, 2.45) is 0 Å². The fourth-order valence-electron chi connectivity index (χ4n) is 2.65. The summed E-state index contributed by atoms with van der Waals surface area (Å²) in [4.78, 5) is 25.9. The molecule has 1 aliphatic rings. The lowest BCUT2D eigenvalue weighted by molar-refractivity contribution is -0.141. The van der Waals surface area contributed by atoms with Gasteiger partial charge < -0.3 is 5.32 Å². The minimum absolute atomic E-state index is 0.0173. The molecule has 0 aliphatic carbocycles. The van der Waals surface area contributed by atoms with Gasteiger partial charge in [0.15, 0.2) is 0 Å². The van der Waals surface area contributed by atoms with E-state index >= 15 is 0 Å². The SMILES string of the molecule is CCSCCC(C)NC1CC(=O)N(C(CC)CC)C1=O. The van der Waals surface area contributed by atoms with Crippen molar-refractivity contribution in [3.63, 3.8) is 0 Å². The Labute approximate surface area is 127 Å². The van der Waals surface area contributed by atoms with Gasteiger partial charge in [0.1, 0.15) is 0 Å². The van der Waals surface area contributed by atoms with E-state index in [-0.39, 0.29) is 29.9 Å². The third-order valence-electron chi connectivity index (χ3n) is 3.88. The van der Waals surface area contributed by atoms with Crippen molar-refractivity contribution < 1.29 is 9.59 Å². The van der Waals surface area contributed by atoms with Crippen LogP contribution in [0, 0.1) is 0 Å². The Hall–Kier alpha value is -0.550. The second-order valence-corrected chi connectivity index (χ2v) is 6.78.